The van der Waals surface area contributed by atoms with Gasteiger partial charge in [0.05, 0.1) is 5.69 Å². The zero-order valence-corrected chi connectivity index (χ0v) is 14.6. The average Bonchev–Trinajstić information content (AvgIpc) is 3.01. The molecule has 0 aliphatic carbocycles. The lowest BCUT2D eigenvalue weighted by Gasteiger charge is -2.23. The van der Waals surface area contributed by atoms with Crippen molar-refractivity contribution in [2.24, 2.45) is 0 Å². The summed E-state index contributed by atoms with van der Waals surface area (Å²) in [5, 5.41) is 12.4. The third-order valence-corrected chi connectivity index (χ3v) is 5.78. The summed E-state index contributed by atoms with van der Waals surface area (Å²) in [4.78, 5) is 24.8. The molecule has 1 amide bonds. The Morgan fingerprint density at radius 3 is 2.52 bits per heavy atom. The molecule has 136 valence electrons. The molecule has 1 aliphatic heterocycles. The van der Waals surface area contributed by atoms with Gasteiger partial charge in [-0.25, -0.2) is 13.6 Å². The van der Waals surface area contributed by atoms with Crippen LogP contribution in [0.15, 0.2) is 48.5 Å². The van der Waals surface area contributed by atoms with E-state index < -0.39 is 17.6 Å². The van der Waals surface area contributed by atoms with Crippen molar-refractivity contribution < 1.29 is 23.5 Å². The molecule has 4 rings (SSSR count). The van der Waals surface area contributed by atoms with Gasteiger partial charge in [0.15, 0.2) is 0 Å². The van der Waals surface area contributed by atoms with Gasteiger partial charge in [-0.3, -0.25) is 4.79 Å². The summed E-state index contributed by atoms with van der Waals surface area (Å²) in [5.41, 5.74) is 1.78. The highest BCUT2D eigenvalue weighted by Crippen LogP contribution is 2.49. The lowest BCUT2D eigenvalue weighted by Crippen LogP contribution is -2.22. The van der Waals surface area contributed by atoms with Gasteiger partial charge in [0.2, 0.25) is 5.91 Å². The average molecular weight is 385 g/mol. The van der Waals surface area contributed by atoms with Crippen LogP contribution in [0.3, 0.4) is 0 Å². The first-order chi connectivity index (χ1) is 12.9. The molecule has 0 radical (unpaired) electrons. The van der Waals surface area contributed by atoms with Gasteiger partial charge in [-0.2, -0.15) is 0 Å². The molecule has 1 atom stereocenters. The number of carboxylic acids is 1. The largest absolute Gasteiger partial charge is 0.477 e. The van der Waals surface area contributed by atoms with Crippen molar-refractivity contribution in [1.82, 2.24) is 0 Å². The Hall–Kier alpha value is -3.06. The Kier molecular flexibility index (Phi) is 4.24. The first-order valence-electron chi connectivity index (χ1n) is 8.15. The van der Waals surface area contributed by atoms with Crippen LogP contribution < -0.4 is 5.32 Å². The molecule has 3 aromatic rings. The van der Waals surface area contributed by atoms with Crippen molar-refractivity contribution in [3.05, 3.63) is 75.5 Å². The second-order valence-electron chi connectivity index (χ2n) is 6.22. The minimum absolute atomic E-state index is 0.0277. The summed E-state index contributed by atoms with van der Waals surface area (Å²) in [6.07, 6.45) is 0.126. The van der Waals surface area contributed by atoms with Crippen molar-refractivity contribution in [3.8, 4) is 11.1 Å². The van der Waals surface area contributed by atoms with E-state index in [1.54, 1.807) is 18.2 Å². The van der Waals surface area contributed by atoms with Crippen molar-refractivity contribution in [2.45, 2.75) is 12.3 Å². The van der Waals surface area contributed by atoms with Gasteiger partial charge in [0.25, 0.3) is 0 Å². The maximum atomic E-state index is 13.7. The minimum Gasteiger partial charge on any atom is -0.477 e. The number of rotatable bonds is 3. The Bertz CT molecular complexity index is 1060. The van der Waals surface area contributed by atoms with Crippen LogP contribution in [0, 0.1) is 11.6 Å². The number of nitrogens with one attached hydrogen (secondary N) is 1. The molecule has 0 saturated heterocycles. The van der Waals surface area contributed by atoms with Crippen LogP contribution >= 0.6 is 11.3 Å². The number of carbonyl (C=O) groups excluding carboxylic acids is 1. The van der Waals surface area contributed by atoms with Gasteiger partial charge < -0.3 is 10.4 Å². The number of aromatic carboxylic acids is 1. The molecular formula is C20H13F2NO3S. The molecule has 0 saturated carbocycles. The lowest BCUT2D eigenvalue weighted by atomic mass is 9.88. The molecule has 0 fully saturated rings. The van der Waals surface area contributed by atoms with E-state index in [4.69, 9.17) is 0 Å². The van der Waals surface area contributed by atoms with Gasteiger partial charge in [-0.1, -0.05) is 24.3 Å². The highest BCUT2D eigenvalue weighted by Gasteiger charge is 2.34. The third kappa shape index (κ3) is 3.10. The van der Waals surface area contributed by atoms with E-state index in [1.165, 1.54) is 30.3 Å². The molecular weight excluding hydrogens is 372 g/mol. The standard InChI is InChI=1S/C20H13F2NO3S/c21-12-6-4-10(5-7-12)14-9-15(24)23-17-16(11-2-1-3-13(22)8-11)19(20(25)26)27-18(14)17/h1-8,14H,9H2,(H,23,24)(H,25,26)/t14-/m0/s1. The summed E-state index contributed by atoms with van der Waals surface area (Å²) in [5.74, 6) is -2.71. The summed E-state index contributed by atoms with van der Waals surface area (Å²) >= 11 is 1.05. The van der Waals surface area contributed by atoms with E-state index in [9.17, 15) is 23.5 Å². The Morgan fingerprint density at radius 1 is 1.11 bits per heavy atom. The van der Waals surface area contributed by atoms with Crippen LogP contribution in [-0.4, -0.2) is 17.0 Å². The quantitative estimate of drug-likeness (QED) is 0.676. The number of hydrogen-bond acceptors (Lipinski definition) is 3. The fraction of sp³-hybridized carbons (Fsp3) is 0.100. The number of carbonyl (C=O) groups is 2. The molecule has 7 heteroatoms. The van der Waals surface area contributed by atoms with Crippen LogP contribution in [0.2, 0.25) is 0 Å². The summed E-state index contributed by atoms with van der Waals surface area (Å²) in [6.45, 7) is 0. The molecule has 0 unspecified atom stereocenters. The second kappa shape index (κ2) is 6.59. The van der Waals surface area contributed by atoms with E-state index in [0.29, 0.717) is 21.7 Å². The summed E-state index contributed by atoms with van der Waals surface area (Å²) in [6, 6.07) is 11.4. The zero-order valence-electron chi connectivity index (χ0n) is 13.8. The normalized spacial score (nSPS) is 15.9. The Balaban J connectivity index is 1.94. The molecule has 1 aromatic heterocycles. The van der Waals surface area contributed by atoms with E-state index in [0.717, 1.165) is 16.9 Å². The monoisotopic (exact) mass is 385 g/mol. The number of halogens is 2. The molecule has 2 heterocycles. The van der Waals surface area contributed by atoms with Crippen molar-refractivity contribution in [3.63, 3.8) is 0 Å². The first kappa shape index (κ1) is 17.4. The maximum absolute atomic E-state index is 13.7. The van der Waals surface area contributed by atoms with Crippen LogP contribution in [-0.2, 0) is 4.79 Å². The molecule has 4 nitrogen and oxygen atoms in total. The predicted octanol–water partition coefficient (Wildman–Crippen LogP) is 4.87. The lowest BCUT2D eigenvalue weighted by molar-refractivity contribution is -0.116. The molecule has 27 heavy (non-hydrogen) atoms. The van der Waals surface area contributed by atoms with Gasteiger partial charge in [0.1, 0.15) is 16.5 Å². The number of hydrogen-bond donors (Lipinski definition) is 2. The molecule has 0 spiro atoms. The van der Waals surface area contributed by atoms with E-state index in [1.807, 2.05) is 0 Å². The first-order valence-corrected chi connectivity index (χ1v) is 8.97. The number of amides is 1. The smallest absolute Gasteiger partial charge is 0.346 e. The van der Waals surface area contributed by atoms with Crippen molar-refractivity contribution in [1.29, 1.82) is 0 Å². The number of thiophene rings is 1. The second-order valence-corrected chi connectivity index (χ2v) is 7.27. The van der Waals surface area contributed by atoms with Crippen LogP contribution in [0.1, 0.15) is 32.5 Å². The molecule has 2 N–H and O–H groups in total. The number of anilines is 1. The number of fused-ring (bicyclic) bond motifs is 1. The predicted molar refractivity (Wildman–Crippen MR) is 98.2 cm³/mol. The van der Waals surface area contributed by atoms with Crippen LogP contribution in [0.4, 0.5) is 14.5 Å². The Labute approximate surface area is 157 Å². The van der Waals surface area contributed by atoms with E-state index >= 15 is 0 Å². The Morgan fingerprint density at radius 2 is 1.85 bits per heavy atom. The SMILES string of the molecule is O=C1C[C@@H](c2ccc(F)cc2)c2sc(C(=O)O)c(-c3cccc(F)c3)c2N1. The molecule has 0 bridgehead atoms. The number of carboxylic acid groups (broad SMARTS) is 1. The zero-order chi connectivity index (χ0) is 19.1. The maximum Gasteiger partial charge on any atom is 0.346 e. The fourth-order valence-electron chi connectivity index (χ4n) is 3.32. The minimum atomic E-state index is -1.15. The highest BCUT2D eigenvalue weighted by atomic mass is 32.1. The summed E-state index contributed by atoms with van der Waals surface area (Å²) in [7, 11) is 0. The van der Waals surface area contributed by atoms with Gasteiger partial charge in [0, 0.05) is 22.8 Å². The molecule has 2 aromatic carbocycles. The van der Waals surface area contributed by atoms with Crippen molar-refractivity contribution in [2.75, 3.05) is 5.32 Å². The number of benzene rings is 2. The van der Waals surface area contributed by atoms with E-state index in [2.05, 4.69) is 5.32 Å². The summed E-state index contributed by atoms with van der Waals surface area (Å²) < 4.78 is 27.0. The van der Waals surface area contributed by atoms with Gasteiger partial charge in [-0.15, -0.1) is 11.3 Å². The van der Waals surface area contributed by atoms with Gasteiger partial charge >= 0.3 is 5.97 Å². The van der Waals surface area contributed by atoms with Crippen LogP contribution in [0.25, 0.3) is 11.1 Å². The topological polar surface area (TPSA) is 66.4 Å². The highest BCUT2D eigenvalue weighted by molar-refractivity contribution is 7.15. The van der Waals surface area contributed by atoms with Gasteiger partial charge in [-0.05, 0) is 35.4 Å². The van der Waals surface area contributed by atoms with Crippen molar-refractivity contribution >= 4 is 28.9 Å². The third-order valence-electron chi connectivity index (χ3n) is 4.49. The van der Waals surface area contributed by atoms with E-state index in [-0.39, 0.29) is 23.1 Å². The van der Waals surface area contributed by atoms with Crippen LogP contribution in [0.5, 0.6) is 0 Å². The molecule has 1 aliphatic rings. The fourth-order valence-corrected chi connectivity index (χ4v) is 4.57.